The molecule has 2 rings (SSSR count). The molecule has 5 nitrogen and oxygen atoms in total. The predicted octanol–water partition coefficient (Wildman–Crippen LogP) is 2.55. The number of ether oxygens (including phenoxy) is 1. The number of rotatable bonds is 6. The minimum Gasteiger partial charge on any atom is -0.497 e. The van der Waals surface area contributed by atoms with Crippen LogP contribution in [0.2, 0.25) is 0 Å². The molecule has 5 heteroatoms. The van der Waals surface area contributed by atoms with Crippen molar-refractivity contribution in [2.45, 2.75) is 13.5 Å². The smallest absolute Gasteiger partial charge is 0.144 e. The predicted molar refractivity (Wildman–Crippen MR) is 81.3 cm³/mol. The van der Waals surface area contributed by atoms with Gasteiger partial charge in [0.25, 0.3) is 0 Å². The molecule has 106 valence electrons. The maximum absolute atomic E-state index is 5.16. The van der Waals surface area contributed by atoms with Gasteiger partial charge in [0.2, 0.25) is 0 Å². The van der Waals surface area contributed by atoms with E-state index >= 15 is 0 Å². The van der Waals surface area contributed by atoms with Gasteiger partial charge in [-0.05, 0) is 31.2 Å². The summed E-state index contributed by atoms with van der Waals surface area (Å²) >= 11 is 0. The fraction of sp³-hybridized carbons (Fsp3) is 0.333. The zero-order valence-corrected chi connectivity index (χ0v) is 12.1. The summed E-state index contributed by atoms with van der Waals surface area (Å²) in [5.74, 6) is 1.67. The van der Waals surface area contributed by atoms with Crippen molar-refractivity contribution in [1.29, 1.82) is 0 Å². The Bertz CT molecular complexity index is 525. The molecule has 0 aliphatic carbocycles. The summed E-state index contributed by atoms with van der Waals surface area (Å²) in [7, 11) is 3.70. The highest BCUT2D eigenvalue weighted by atomic mass is 16.5. The van der Waals surface area contributed by atoms with Gasteiger partial charge in [-0.15, -0.1) is 0 Å². The van der Waals surface area contributed by atoms with E-state index in [1.165, 1.54) is 0 Å². The lowest BCUT2D eigenvalue weighted by atomic mass is 10.2. The molecule has 0 unspecified atom stereocenters. The number of aromatic nitrogens is 2. The zero-order chi connectivity index (χ0) is 14.4. The molecule has 0 spiro atoms. The Morgan fingerprint density at radius 2 is 1.90 bits per heavy atom. The molecule has 0 aliphatic rings. The van der Waals surface area contributed by atoms with Crippen LogP contribution in [0.4, 0.5) is 11.5 Å². The van der Waals surface area contributed by atoms with Crippen LogP contribution in [0.3, 0.4) is 0 Å². The first kappa shape index (κ1) is 14.1. The summed E-state index contributed by atoms with van der Waals surface area (Å²) in [6.07, 6.45) is 3.57. The molecule has 1 heterocycles. The van der Waals surface area contributed by atoms with Crippen molar-refractivity contribution in [3.8, 4) is 5.75 Å². The topological polar surface area (TPSA) is 50.3 Å². The lowest BCUT2D eigenvalue weighted by Gasteiger charge is -2.19. The number of hydrogen-bond acceptors (Lipinski definition) is 5. The first-order chi connectivity index (χ1) is 9.72. The van der Waals surface area contributed by atoms with Gasteiger partial charge in [0.1, 0.15) is 11.6 Å². The van der Waals surface area contributed by atoms with Crippen LogP contribution in [0.25, 0.3) is 0 Å². The number of nitrogens with one attached hydrogen (secondary N) is 1. The van der Waals surface area contributed by atoms with E-state index in [0.717, 1.165) is 29.5 Å². The lowest BCUT2D eigenvalue weighted by molar-refractivity contribution is 0.415. The molecule has 0 amide bonds. The van der Waals surface area contributed by atoms with Crippen LogP contribution in [0.5, 0.6) is 5.75 Å². The molecule has 1 N–H and O–H groups in total. The Hall–Kier alpha value is -2.30. The van der Waals surface area contributed by atoms with E-state index in [9.17, 15) is 0 Å². The second-order valence-corrected chi connectivity index (χ2v) is 4.48. The number of nitrogens with zero attached hydrogens (tertiary/aromatic N) is 3. The third kappa shape index (κ3) is 3.60. The van der Waals surface area contributed by atoms with Crippen LogP contribution in [0.1, 0.15) is 12.6 Å². The summed E-state index contributed by atoms with van der Waals surface area (Å²) in [6.45, 7) is 3.60. The van der Waals surface area contributed by atoms with Crippen LogP contribution >= 0.6 is 0 Å². The summed E-state index contributed by atoms with van der Waals surface area (Å²) in [5, 5.41) is 3.13. The Morgan fingerprint density at radius 1 is 1.15 bits per heavy atom. The van der Waals surface area contributed by atoms with Crippen LogP contribution in [0, 0.1) is 0 Å². The quantitative estimate of drug-likeness (QED) is 0.875. The van der Waals surface area contributed by atoms with E-state index in [1.807, 2.05) is 38.2 Å². The third-order valence-corrected chi connectivity index (χ3v) is 2.98. The molecule has 0 bridgehead atoms. The molecule has 0 saturated heterocycles. The van der Waals surface area contributed by atoms with Gasteiger partial charge < -0.3 is 15.0 Å². The van der Waals surface area contributed by atoms with Crippen LogP contribution in [-0.4, -0.2) is 30.7 Å². The highest BCUT2D eigenvalue weighted by molar-refractivity contribution is 5.48. The van der Waals surface area contributed by atoms with Gasteiger partial charge in [0.15, 0.2) is 0 Å². The summed E-state index contributed by atoms with van der Waals surface area (Å²) < 4.78 is 5.16. The van der Waals surface area contributed by atoms with Crippen molar-refractivity contribution in [3.05, 3.63) is 42.4 Å². The maximum atomic E-state index is 5.16. The van der Waals surface area contributed by atoms with Crippen molar-refractivity contribution in [2.75, 3.05) is 30.9 Å². The standard InChI is InChI=1S/C15H20N4O/c1-4-16-15-10-17-12(9-18-15)11-19(2)13-5-7-14(20-3)8-6-13/h5-10H,4,11H2,1-3H3,(H,16,18). The van der Waals surface area contributed by atoms with E-state index in [0.29, 0.717) is 6.54 Å². The summed E-state index contributed by atoms with van der Waals surface area (Å²) in [6, 6.07) is 7.95. The molecular weight excluding hydrogens is 252 g/mol. The lowest BCUT2D eigenvalue weighted by Crippen LogP contribution is -2.17. The molecule has 1 aromatic heterocycles. The molecule has 1 aromatic carbocycles. The fourth-order valence-electron chi connectivity index (χ4n) is 1.88. The van der Waals surface area contributed by atoms with Gasteiger partial charge in [0.05, 0.1) is 31.7 Å². The third-order valence-electron chi connectivity index (χ3n) is 2.98. The maximum Gasteiger partial charge on any atom is 0.144 e. The molecule has 0 atom stereocenters. The van der Waals surface area contributed by atoms with E-state index < -0.39 is 0 Å². The van der Waals surface area contributed by atoms with E-state index in [-0.39, 0.29) is 0 Å². The van der Waals surface area contributed by atoms with Gasteiger partial charge in [-0.1, -0.05) is 0 Å². The summed E-state index contributed by atoms with van der Waals surface area (Å²) in [4.78, 5) is 10.8. The normalized spacial score (nSPS) is 10.2. The van der Waals surface area contributed by atoms with Crippen molar-refractivity contribution < 1.29 is 4.74 Å². The fourth-order valence-corrected chi connectivity index (χ4v) is 1.88. The Kier molecular flexibility index (Phi) is 4.76. The number of anilines is 2. The van der Waals surface area contributed by atoms with Crippen molar-refractivity contribution in [1.82, 2.24) is 9.97 Å². The Balaban J connectivity index is 2.00. The molecule has 0 fully saturated rings. The molecular formula is C15H20N4O. The van der Waals surface area contributed by atoms with Gasteiger partial charge >= 0.3 is 0 Å². The van der Waals surface area contributed by atoms with Crippen LogP contribution < -0.4 is 15.0 Å². The average molecular weight is 272 g/mol. The van der Waals surface area contributed by atoms with Crippen LogP contribution in [-0.2, 0) is 6.54 Å². The molecule has 0 saturated carbocycles. The molecule has 0 radical (unpaired) electrons. The monoisotopic (exact) mass is 272 g/mol. The number of methoxy groups -OCH3 is 1. The number of hydrogen-bond donors (Lipinski definition) is 1. The van der Waals surface area contributed by atoms with Gasteiger partial charge in [-0.3, -0.25) is 4.98 Å². The van der Waals surface area contributed by atoms with Crippen LogP contribution in [0.15, 0.2) is 36.7 Å². The first-order valence-electron chi connectivity index (χ1n) is 6.63. The minimum atomic E-state index is 0.714. The molecule has 2 aromatic rings. The highest BCUT2D eigenvalue weighted by Gasteiger charge is 2.04. The molecule has 0 aliphatic heterocycles. The SMILES string of the molecule is CCNc1cnc(CN(C)c2ccc(OC)cc2)cn1. The summed E-state index contributed by atoms with van der Waals surface area (Å²) in [5.41, 5.74) is 2.05. The highest BCUT2D eigenvalue weighted by Crippen LogP contribution is 2.19. The minimum absolute atomic E-state index is 0.714. The largest absolute Gasteiger partial charge is 0.497 e. The van der Waals surface area contributed by atoms with Crippen molar-refractivity contribution in [3.63, 3.8) is 0 Å². The first-order valence-corrected chi connectivity index (χ1v) is 6.63. The second kappa shape index (κ2) is 6.75. The second-order valence-electron chi connectivity index (χ2n) is 4.48. The van der Waals surface area contributed by atoms with Gasteiger partial charge in [-0.25, -0.2) is 4.98 Å². The van der Waals surface area contributed by atoms with Gasteiger partial charge in [0, 0.05) is 19.3 Å². The average Bonchev–Trinajstić information content (AvgIpc) is 2.49. The van der Waals surface area contributed by atoms with Gasteiger partial charge in [-0.2, -0.15) is 0 Å². The van der Waals surface area contributed by atoms with E-state index in [4.69, 9.17) is 4.74 Å². The van der Waals surface area contributed by atoms with Crippen molar-refractivity contribution in [2.24, 2.45) is 0 Å². The Morgan fingerprint density at radius 3 is 2.45 bits per heavy atom. The van der Waals surface area contributed by atoms with E-state index in [2.05, 4.69) is 20.2 Å². The van der Waals surface area contributed by atoms with E-state index in [1.54, 1.807) is 19.5 Å². The number of benzene rings is 1. The zero-order valence-electron chi connectivity index (χ0n) is 12.1. The van der Waals surface area contributed by atoms with Crippen molar-refractivity contribution >= 4 is 11.5 Å². The Labute approximate surface area is 119 Å². The molecule has 20 heavy (non-hydrogen) atoms.